The van der Waals surface area contributed by atoms with Crippen molar-refractivity contribution in [3.05, 3.63) is 83.4 Å². The third-order valence-electron chi connectivity index (χ3n) is 3.13. The Morgan fingerprint density at radius 1 is 1.00 bits per heavy atom. The van der Waals surface area contributed by atoms with Crippen molar-refractivity contribution in [1.29, 1.82) is 0 Å². The standard InChI is InChI=1S/C16H15ClN3.ClH/c17-16-9-5-4-8-15(16)11-20-13-19(12-18-20)10-14-6-2-1-3-7-14;/h1-9,12-13H,10-11H2;1H/q+1;/p-1. The molecule has 3 aromatic rings. The molecule has 0 aliphatic carbocycles. The van der Waals surface area contributed by atoms with Gasteiger partial charge in [-0.25, -0.2) is 4.57 Å². The van der Waals surface area contributed by atoms with Crippen LogP contribution < -0.4 is 17.0 Å². The molecule has 0 N–H and O–H groups in total. The SMILES string of the molecule is Clc1ccccc1Cn1c[n+](Cc2ccccc2)cn1.[Cl-]. The van der Waals surface area contributed by atoms with Gasteiger partial charge in [0.25, 0.3) is 6.33 Å². The Hall–Kier alpha value is -1.84. The largest absolute Gasteiger partial charge is 1.00 e. The van der Waals surface area contributed by atoms with E-state index < -0.39 is 0 Å². The third-order valence-corrected chi connectivity index (χ3v) is 3.50. The van der Waals surface area contributed by atoms with E-state index in [1.165, 1.54) is 5.56 Å². The van der Waals surface area contributed by atoms with E-state index >= 15 is 0 Å². The fourth-order valence-electron chi connectivity index (χ4n) is 2.12. The summed E-state index contributed by atoms with van der Waals surface area (Å²) in [5.41, 5.74) is 2.33. The van der Waals surface area contributed by atoms with Crippen LogP contribution in [0.1, 0.15) is 11.1 Å². The molecule has 1 heterocycles. The predicted octanol–water partition coefficient (Wildman–Crippen LogP) is -0.0754. The van der Waals surface area contributed by atoms with E-state index in [-0.39, 0.29) is 12.4 Å². The zero-order chi connectivity index (χ0) is 13.8. The monoisotopic (exact) mass is 319 g/mol. The van der Waals surface area contributed by atoms with Gasteiger partial charge in [0.1, 0.15) is 6.54 Å². The fourth-order valence-corrected chi connectivity index (χ4v) is 2.32. The van der Waals surface area contributed by atoms with Crippen molar-refractivity contribution in [2.24, 2.45) is 0 Å². The molecule has 0 saturated carbocycles. The summed E-state index contributed by atoms with van der Waals surface area (Å²) in [7, 11) is 0. The van der Waals surface area contributed by atoms with Gasteiger partial charge in [0.2, 0.25) is 6.33 Å². The number of benzene rings is 2. The highest BCUT2D eigenvalue weighted by Crippen LogP contribution is 2.15. The molecule has 0 bridgehead atoms. The molecule has 108 valence electrons. The Morgan fingerprint density at radius 2 is 1.71 bits per heavy atom. The molecule has 2 aromatic carbocycles. The first-order valence-corrected chi connectivity index (χ1v) is 6.88. The van der Waals surface area contributed by atoms with Crippen LogP contribution in [0.25, 0.3) is 0 Å². The van der Waals surface area contributed by atoms with E-state index in [0.29, 0.717) is 6.54 Å². The van der Waals surface area contributed by atoms with E-state index in [0.717, 1.165) is 17.1 Å². The molecular formula is C16H15Cl2N3. The van der Waals surface area contributed by atoms with E-state index in [1.807, 2.05) is 59.8 Å². The molecule has 0 spiro atoms. The molecule has 0 atom stereocenters. The van der Waals surface area contributed by atoms with Crippen molar-refractivity contribution in [3.8, 4) is 0 Å². The Balaban J connectivity index is 0.00000161. The molecule has 21 heavy (non-hydrogen) atoms. The zero-order valence-electron chi connectivity index (χ0n) is 11.4. The summed E-state index contributed by atoms with van der Waals surface area (Å²) in [5, 5.41) is 5.15. The number of nitrogens with zero attached hydrogens (tertiary/aromatic N) is 3. The van der Waals surface area contributed by atoms with Crippen molar-refractivity contribution in [1.82, 2.24) is 9.78 Å². The first-order valence-electron chi connectivity index (χ1n) is 6.50. The summed E-state index contributed by atoms with van der Waals surface area (Å²) in [4.78, 5) is 0. The lowest BCUT2D eigenvalue weighted by atomic mass is 10.2. The Labute approximate surface area is 135 Å². The molecule has 0 amide bonds. The fraction of sp³-hybridized carbons (Fsp3) is 0.125. The summed E-state index contributed by atoms with van der Waals surface area (Å²) in [6.07, 6.45) is 3.83. The second-order valence-electron chi connectivity index (χ2n) is 4.69. The molecule has 0 aliphatic heterocycles. The average molecular weight is 320 g/mol. The molecule has 0 saturated heterocycles. The van der Waals surface area contributed by atoms with Gasteiger partial charge in [-0.3, -0.25) is 0 Å². The second kappa shape index (κ2) is 7.25. The lowest BCUT2D eigenvalue weighted by Gasteiger charge is -1.99. The van der Waals surface area contributed by atoms with Crippen LogP contribution in [0, 0.1) is 0 Å². The number of hydrogen-bond donors (Lipinski definition) is 0. The summed E-state index contributed by atoms with van der Waals surface area (Å²) in [6, 6.07) is 18.2. The van der Waals surface area contributed by atoms with Gasteiger partial charge >= 0.3 is 0 Å². The van der Waals surface area contributed by atoms with Crippen molar-refractivity contribution in [2.75, 3.05) is 0 Å². The van der Waals surface area contributed by atoms with Crippen LogP contribution in [-0.2, 0) is 13.1 Å². The second-order valence-corrected chi connectivity index (χ2v) is 5.10. The van der Waals surface area contributed by atoms with Crippen LogP contribution in [0.5, 0.6) is 0 Å². The van der Waals surface area contributed by atoms with Crippen LogP contribution in [0.4, 0.5) is 0 Å². The summed E-state index contributed by atoms with van der Waals surface area (Å²) >= 11 is 6.16. The minimum atomic E-state index is 0. The molecule has 3 rings (SSSR count). The van der Waals surface area contributed by atoms with Gasteiger partial charge in [0.15, 0.2) is 0 Å². The quantitative estimate of drug-likeness (QED) is 0.617. The van der Waals surface area contributed by atoms with E-state index in [4.69, 9.17) is 11.6 Å². The zero-order valence-corrected chi connectivity index (χ0v) is 12.9. The van der Waals surface area contributed by atoms with Gasteiger partial charge in [-0.1, -0.05) is 60.1 Å². The molecule has 1 aromatic heterocycles. The molecule has 0 fully saturated rings. The van der Waals surface area contributed by atoms with Crippen molar-refractivity contribution < 1.29 is 17.0 Å². The predicted molar refractivity (Wildman–Crippen MR) is 78.5 cm³/mol. The number of hydrogen-bond acceptors (Lipinski definition) is 1. The van der Waals surface area contributed by atoms with Crippen LogP contribution in [-0.4, -0.2) is 9.78 Å². The molecule has 5 heteroatoms. The Kier molecular flexibility index (Phi) is 5.37. The summed E-state index contributed by atoms with van der Waals surface area (Å²) in [5.74, 6) is 0. The van der Waals surface area contributed by atoms with Crippen LogP contribution in [0.2, 0.25) is 5.02 Å². The van der Waals surface area contributed by atoms with Gasteiger partial charge in [-0.2, -0.15) is 0 Å². The molecule has 3 nitrogen and oxygen atoms in total. The smallest absolute Gasteiger partial charge is 0.265 e. The summed E-state index contributed by atoms with van der Waals surface area (Å²) in [6.45, 7) is 1.50. The number of rotatable bonds is 4. The number of aromatic nitrogens is 3. The maximum absolute atomic E-state index is 6.16. The van der Waals surface area contributed by atoms with Crippen LogP contribution >= 0.6 is 11.6 Å². The lowest BCUT2D eigenvalue weighted by molar-refractivity contribution is -0.689. The highest BCUT2D eigenvalue weighted by molar-refractivity contribution is 6.31. The van der Waals surface area contributed by atoms with Gasteiger partial charge in [-0.05, 0) is 11.6 Å². The summed E-state index contributed by atoms with van der Waals surface area (Å²) < 4.78 is 3.95. The van der Waals surface area contributed by atoms with Gasteiger partial charge in [0.05, 0.1) is 6.54 Å². The van der Waals surface area contributed by atoms with Crippen LogP contribution in [0.3, 0.4) is 0 Å². The topological polar surface area (TPSA) is 21.7 Å². The van der Waals surface area contributed by atoms with E-state index in [2.05, 4.69) is 21.8 Å². The minimum absolute atomic E-state index is 0. The first-order chi connectivity index (χ1) is 9.81. The normalized spacial score (nSPS) is 10.1. The van der Waals surface area contributed by atoms with Gasteiger partial charge in [-0.15, -0.1) is 4.68 Å². The average Bonchev–Trinajstić information content (AvgIpc) is 2.90. The highest BCUT2D eigenvalue weighted by atomic mass is 35.5. The lowest BCUT2D eigenvalue weighted by Crippen LogP contribution is -3.00. The first kappa shape index (κ1) is 15.5. The van der Waals surface area contributed by atoms with E-state index in [1.54, 1.807) is 0 Å². The maximum atomic E-state index is 6.16. The molecular weight excluding hydrogens is 305 g/mol. The number of halogens is 2. The van der Waals surface area contributed by atoms with Gasteiger partial charge < -0.3 is 12.4 Å². The Bertz CT molecular complexity index is 696. The molecule has 0 radical (unpaired) electrons. The van der Waals surface area contributed by atoms with Crippen molar-refractivity contribution >= 4 is 11.6 Å². The maximum Gasteiger partial charge on any atom is 0.265 e. The Morgan fingerprint density at radius 3 is 2.48 bits per heavy atom. The molecule has 0 unspecified atom stereocenters. The van der Waals surface area contributed by atoms with Gasteiger partial charge in [0, 0.05) is 15.7 Å². The van der Waals surface area contributed by atoms with Crippen LogP contribution in [0.15, 0.2) is 67.3 Å². The van der Waals surface area contributed by atoms with E-state index in [9.17, 15) is 0 Å². The molecule has 0 aliphatic rings. The van der Waals surface area contributed by atoms with Crippen molar-refractivity contribution in [3.63, 3.8) is 0 Å². The highest BCUT2D eigenvalue weighted by Gasteiger charge is 2.09. The third kappa shape index (κ3) is 4.06. The van der Waals surface area contributed by atoms with Crippen molar-refractivity contribution in [2.45, 2.75) is 13.1 Å². The minimum Gasteiger partial charge on any atom is -1.00 e.